The van der Waals surface area contributed by atoms with Crippen LogP contribution in [0.2, 0.25) is 0 Å². The lowest BCUT2D eigenvalue weighted by Crippen LogP contribution is -2.03. The van der Waals surface area contributed by atoms with Gasteiger partial charge >= 0.3 is 6.18 Å². The predicted molar refractivity (Wildman–Crippen MR) is 61.0 cm³/mol. The lowest BCUT2D eigenvalue weighted by Gasteiger charge is -2.06. The molecule has 96 valence electrons. The Kier molecular flexibility index (Phi) is 3.15. The van der Waals surface area contributed by atoms with E-state index in [1.54, 1.807) is 0 Å². The van der Waals surface area contributed by atoms with Gasteiger partial charge in [-0.3, -0.25) is 0 Å². The third kappa shape index (κ3) is 2.55. The Bertz CT molecular complexity index is 526. The van der Waals surface area contributed by atoms with Crippen LogP contribution in [0.3, 0.4) is 0 Å². The molecule has 0 atom stereocenters. The first kappa shape index (κ1) is 12.7. The molecule has 0 amide bonds. The highest BCUT2D eigenvalue weighted by molar-refractivity contribution is 5.54. The van der Waals surface area contributed by atoms with Crippen molar-refractivity contribution < 1.29 is 17.6 Å². The monoisotopic (exact) mass is 255 g/mol. The van der Waals surface area contributed by atoms with Crippen molar-refractivity contribution >= 4 is 0 Å². The SMILES string of the molecule is CC(C)c1coc(-c2ccc(C(F)(F)F)cc2)n1. The third-order valence-corrected chi connectivity index (χ3v) is 2.57. The summed E-state index contributed by atoms with van der Waals surface area (Å²) in [6, 6.07) is 4.76. The van der Waals surface area contributed by atoms with Crippen LogP contribution in [0.15, 0.2) is 34.9 Å². The molecule has 18 heavy (non-hydrogen) atoms. The van der Waals surface area contributed by atoms with Gasteiger partial charge < -0.3 is 4.42 Å². The minimum absolute atomic E-state index is 0.219. The number of alkyl halides is 3. The van der Waals surface area contributed by atoms with Crippen LogP contribution >= 0.6 is 0 Å². The lowest BCUT2D eigenvalue weighted by molar-refractivity contribution is -0.137. The molecule has 0 aliphatic heterocycles. The Hall–Kier alpha value is -1.78. The number of nitrogens with zero attached hydrogens (tertiary/aromatic N) is 1. The van der Waals surface area contributed by atoms with Gasteiger partial charge in [0.2, 0.25) is 5.89 Å². The highest BCUT2D eigenvalue weighted by Gasteiger charge is 2.30. The topological polar surface area (TPSA) is 26.0 Å². The summed E-state index contributed by atoms with van der Waals surface area (Å²) in [5.74, 6) is 0.560. The van der Waals surface area contributed by atoms with Crippen LogP contribution in [0.25, 0.3) is 11.5 Å². The number of halogens is 3. The lowest BCUT2D eigenvalue weighted by atomic mass is 10.1. The minimum atomic E-state index is -4.32. The molecule has 0 unspecified atom stereocenters. The minimum Gasteiger partial charge on any atom is -0.444 e. The largest absolute Gasteiger partial charge is 0.444 e. The summed E-state index contributed by atoms with van der Waals surface area (Å²) in [6.07, 6.45) is -2.80. The molecule has 1 aromatic heterocycles. The molecule has 0 aliphatic rings. The van der Waals surface area contributed by atoms with E-state index in [2.05, 4.69) is 4.98 Å². The normalized spacial score (nSPS) is 12.1. The fraction of sp³-hybridized carbons (Fsp3) is 0.308. The van der Waals surface area contributed by atoms with E-state index in [0.29, 0.717) is 11.5 Å². The van der Waals surface area contributed by atoms with E-state index in [0.717, 1.165) is 17.8 Å². The molecule has 0 radical (unpaired) electrons. The average Bonchev–Trinajstić information content (AvgIpc) is 2.77. The zero-order valence-corrected chi connectivity index (χ0v) is 9.95. The number of rotatable bonds is 2. The van der Waals surface area contributed by atoms with E-state index in [1.165, 1.54) is 18.4 Å². The molecule has 2 rings (SSSR count). The fourth-order valence-corrected chi connectivity index (χ4v) is 1.49. The highest BCUT2D eigenvalue weighted by Crippen LogP contribution is 2.31. The maximum absolute atomic E-state index is 12.4. The molecular weight excluding hydrogens is 243 g/mol. The van der Waals surface area contributed by atoms with Crippen LogP contribution in [0, 0.1) is 0 Å². The molecule has 0 fully saturated rings. The Balaban J connectivity index is 2.29. The Labute approximate surface area is 102 Å². The number of hydrogen-bond donors (Lipinski definition) is 0. The van der Waals surface area contributed by atoms with Crippen molar-refractivity contribution in [3.8, 4) is 11.5 Å². The smallest absolute Gasteiger partial charge is 0.416 e. The zero-order valence-electron chi connectivity index (χ0n) is 9.95. The van der Waals surface area contributed by atoms with Gasteiger partial charge in [0, 0.05) is 5.56 Å². The van der Waals surface area contributed by atoms with Gasteiger partial charge in [-0.25, -0.2) is 4.98 Å². The zero-order chi connectivity index (χ0) is 13.3. The van der Waals surface area contributed by atoms with Gasteiger partial charge in [0.25, 0.3) is 0 Å². The summed E-state index contributed by atoms with van der Waals surface area (Å²) in [6.45, 7) is 3.93. The van der Waals surface area contributed by atoms with Crippen LogP contribution in [-0.4, -0.2) is 4.98 Å². The molecule has 0 aliphatic carbocycles. The first-order valence-electron chi connectivity index (χ1n) is 5.51. The van der Waals surface area contributed by atoms with Crippen molar-refractivity contribution in [1.29, 1.82) is 0 Å². The van der Waals surface area contributed by atoms with Crippen molar-refractivity contribution in [2.75, 3.05) is 0 Å². The number of benzene rings is 1. The molecule has 0 saturated heterocycles. The van der Waals surface area contributed by atoms with Crippen LogP contribution < -0.4 is 0 Å². The van der Waals surface area contributed by atoms with Gasteiger partial charge in [0.05, 0.1) is 11.3 Å². The van der Waals surface area contributed by atoms with Crippen LogP contribution in [0.1, 0.15) is 31.0 Å². The first-order valence-corrected chi connectivity index (χ1v) is 5.51. The van der Waals surface area contributed by atoms with Gasteiger partial charge in [-0.15, -0.1) is 0 Å². The molecule has 1 heterocycles. The van der Waals surface area contributed by atoms with Crippen LogP contribution in [0.4, 0.5) is 13.2 Å². The van der Waals surface area contributed by atoms with Gasteiger partial charge in [0.1, 0.15) is 6.26 Å². The molecule has 2 aromatic rings. The fourth-order valence-electron chi connectivity index (χ4n) is 1.49. The van der Waals surface area contributed by atoms with E-state index in [1.807, 2.05) is 13.8 Å². The summed E-state index contributed by atoms with van der Waals surface area (Å²) in [5, 5.41) is 0. The molecular formula is C13H12F3NO. The summed E-state index contributed by atoms with van der Waals surface area (Å²) < 4.78 is 42.4. The predicted octanol–water partition coefficient (Wildman–Crippen LogP) is 4.48. The van der Waals surface area contributed by atoms with E-state index in [-0.39, 0.29) is 5.92 Å². The van der Waals surface area contributed by atoms with Gasteiger partial charge in [-0.1, -0.05) is 13.8 Å². The Morgan fingerprint density at radius 2 is 1.72 bits per heavy atom. The van der Waals surface area contributed by atoms with Gasteiger partial charge in [0.15, 0.2) is 0 Å². The summed E-state index contributed by atoms with van der Waals surface area (Å²) in [7, 11) is 0. The number of oxazole rings is 1. The summed E-state index contributed by atoms with van der Waals surface area (Å²) >= 11 is 0. The van der Waals surface area contributed by atoms with E-state index < -0.39 is 11.7 Å². The van der Waals surface area contributed by atoms with Crippen LogP contribution in [0.5, 0.6) is 0 Å². The first-order chi connectivity index (χ1) is 8.38. The van der Waals surface area contributed by atoms with Crippen molar-refractivity contribution in [2.45, 2.75) is 25.9 Å². The molecule has 1 aromatic carbocycles. The molecule has 0 saturated carbocycles. The maximum atomic E-state index is 12.4. The second-order valence-corrected chi connectivity index (χ2v) is 4.31. The average molecular weight is 255 g/mol. The van der Waals surface area contributed by atoms with E-state index in [4.69, 9.17) is 4.42 Å². The molecule has 0 bridgehead atoms. The maximum Gasteiger partial charge on any atom is 0.416 e. The number of aromatic nitrogens is 1. The van der Waals surface area contributed by atoms with E-state index >= 15 is 0 Å². The molecule has 2 nitrogen and oxygen atoms in total. The molecule has 0 spiro atoms. The second-order valence-electron chi connectivity index (χ2n) is 4.31. The number of hydrogen-bond acceptors (Lipinski definition) is 2. The molecule has 5 heteroatoms. The highest BCUT2D eigenvalue weighted by atomic mass is 19.4. The van der Waals surface area contributed by atoms with Gasteiger partial charge in [-0.05, 0) is 30.2 Å². The Morgan fingerprint density at radius 1 is 1.11 bits per heavy atom. The van der Waals surface area contributed by atoms with Gasteiger partial charge in [-0.2, -0.15) is 13.2 Å². The standard InChI is InChI=1S/C13H12F3NO/c1-8(2)11-7-18-12(17-11)9-3-5-10(6-4-9)13(14,15)16/h3-8H,1-2H3. The van der Waals surface area contributed by atoms with E-state index in [9.17, 15) is 13.2 Å². The van der Waals surface area contributed by atoms with Crippen molar-refractivity contribution in [3.05, 3.63) is 41.8 Å². The second kappa shape index (κ2) is 4.48. The quantitative estimate of drug-likeness (QED) is 0.790. The summed E-state index contributed by atoms with van der Waals surface area (Å²) in [4.78, 5) is 4.22. The summed E-state index contributed by atoms with van der Waals surface area (Å²) in [5.41, 5.74) is 0.640. The van der Waals surface area contributed by atoms with Crippen molar-refractivity contribution in [3.63, 3.8) is 0 Å². The third-order valence-electron chi connectivity index (χ3n) is 2.57. The Morgan fingerprint density at radius 3 is 2.17 bits per heavy atom. The van der Waals surface area contributed by atoms with Crippen LogP contribution in [-0.2, 0) is 6.18 Å². The molecule has 0 N–H and O–H groups in total. The van der Waals surface area contributed by atoms with Crippen molar-refractivity contribution in [1.82, 2.24) is 4.98 Å². The van der Waals surface area contributed by atoms with Crippen molar-refractivity contribution in [2.24, 2.45) is 0 Å².